The minimum Gasteiger partial charge on any atom is -0.497 e. The second kappa shape index (κ2) is 5.35. The van der Waals surface area contributed by atoms with Crippen molar-refractivity contribution in [1.29, 1.82) is 0 Å². The molecule has 1 aliphatic heterocycles. The highest BCUT2D eigenvalue weighted by Crippen LogP contribution is 2.21. The van der Waals surface area contributed by atoms with Crippen LogP contribution in [0.5, 0.6) is 5.75 Å². The van der Waals surface area contributed by atoms with Gasteiger partial charge in [-0.05, 0) is 56.3 Å². The van der Waals surface area contributed by atoms with Crippen LogP contribution in [0.4, 0.5) is 0 Å². The van der Waals surface area contributed by atoms with E-state index in [0.29, 0.717) is 6.04 Å². The predicted octanol–water partition coefficient (Wildman–Crippen LogP) is 2.63. The minimum atomic E-state index is 0.696. The molecule has 2 unspecified atom stereocenters. The molecule has 1 aromatic carbocycles. The molecule has 2 nitrogen and oxygen atoms in total. The third kappa shape index (κ3) is 2.99. The molecule has 0 radical (unpaired) electrons. The Morgan fingerprint density at radius 1 is 1.38 bits per heavy atom. The van der Waals surface area contributed by atoms with E-state index in [9.17, 15) is 0 Å². The average molecular weight is 219 g/mol. The molecule has 1 saturated heterocycles. The molecule has 0 aliphatic carbocycles. The third-order valence-electron chi connectivity index (χ3n) is 3.42. The molecule has 1 aromatic rings. The molecule has 2 heteroatoms. The van der Waals surface area contributed by atoms with Gasteiger partial charge in [0.05, 0.1) is 7.11 Å². The summed E-state index contributed by atoms with van der Waals surface area (Å²) in [6.07, 6.45) is 3.80. The predicted molar refractivity (Wildman–Crippen MR) is 66.9 cm³/mol. The lowest BCUT2D eigenvalue weighted by Gasteiger charge is -2.27. The molecule has 1 heterocycles. The van der Waals surface area contributed by atoms with Gasteiger partial charge in [0.25, 0.3) is 0 Å². The summed E-state index contributed by atoms with van der Waals surface area (Å²) in [5.74, 6) is 1.75. The summed E-state index contributed by atoms with van der Waals surface area (Å²) in [6.45, 7) is 3.42. The van der Waals surface area contributed by atoms with Gasteiger partial charge in [-0.15, -0.1) is 0 Å². The number of methoxy groups -OCH3 is 1. The van der Waals surface area contributed by atoms with Crippen molar-refractivity contribution in [3.8, 4) is 5.75 Å². The van der Waals surface area contributed by atoms with E-state index in [1.807, 2.05) is 6.07 Å². The summed E-state index contributed by atoms with van der Waals surface area (Å²) in [6, 6.07) is 9.12. The zero-order valence-corrected chi connectivity index (χ0v) is 10.2. The maximum atomic E-state index is 5.25. The summed E-state index contributed by atoms with van der Waals surface area (Å²) in [7, 11) is 1.73. The highest BCUT2D eigenvalue weighted by molar-refractivity contribution is 5.28. The van der Waals surface area contributed by atoms with Gasteiger partial charge >= 0.3 is 0 Å². The zero-order valence-electron chi connectivity index (χ0n) is 10.2. The van der Waals surface area contributed by atoms with E-state index in [2.05, 4.69) is 30.4 Å². The van der Waals surface area contributed by atoms with E-state index in [1.54, 1.807) is 7.11 Å². The lowest BCUT2D eigenvalue weighted by Crippen LogP contribution is -2.37. The summed E-state index contributed by atoms with van der Waals surface area (Å²) in [5.41, 5.74) is 1.39. The van der Waals surface area contributed by atoms with Crippen LogP contribution >= 0.6 is 0 Å². The molecule has 0 amide bonds. The molecule has 88 valence electrons. The van der Waals surface area contributed by atoms with Crippen LogP contribution in [-0.2, 0) is 6.42 Å². The van der Waals surface area contributed by atoms with E-state index < -0.39 is 0 Å². The number of piperidine rings is 1. The molecule has 1 N–H and O–H groups in total. The van der Waals surface area contributed by atoms with Gasteiger partial charge in [-0.3, -0.25) is 0 Å². The van der Waals surface area contributed by atoms with Crippen molar-refractivity contribution in [1.82, 2.24) is 5.32 Å². The molecular weight excluding hydrogens is 198 g/mol. The largest absolute Gasteiger partial charge is 0.497 e. The Labute approximate surface area is 98.0 Å². The van der Waals surface area contributed by atoms with Crippen LogP contribution in [0.25, 0.3) is 0 Å². The van der Waals surface area contributed by atoms with Crippen LogP contribution in [-0.4, -0.2) is 19.7 Å². The number of ether oxygens (including phenoxy) is 1. The van der Waals surface area contributed by atoms with E-state index >= 15 is 0 Å². The Morgan fingerprint density at radius 3 is 2.94 bits per heavy atom. The van der Waals surface area contributed by atoms with Crippen LogP contribution in [0.15, 0.2) is 24.3 Å². The summed E-state index contributed by atoms with van der Waals surface area (Å²) < 4.78 is 5.25. The fourth-order valence-corrected chi connectivity index (χ4v) is 2.36. The molecule has 0 aromatic heterocycles. The van der Waals surface area contributed by atoms with Crippen molar-refractivity contribution in [2.24, 2.45) is 5.92 Å². The number of rotatable bonds is 3. The molecule has 0 bridgehead atoms. The molecule has 1 fully saturated rings. The fourth-order valence-electron chi connectivity index (χ4n) is 2.36. The van der Waals surface area contributed by atoms with Gasteiger partial charge in [-0.1, -0.05) is 12.1 Å². The maximum Gasteiger partial charge on any atom is 0.119 e. The standard InChI is InChI=1S/C14H21NO/c1-11-6-7-13(10-15-11)8-12-4-3-5-14(9-12)16-2/h3-5,9,11,13,15H,6-8,10H2,1-2H3. The highest BCUT2D eigenvalue weighted by atomic mass is 16.5. The van der Waals surface area contributed by atoms with Crippen LogP contribution in [0.1, 0.15) is 25.3 Å². The highest BCUT2D eigenvalue weighted by Gasteiger charge is 2.17. The van der Waals surface area contributed by atoms with Crippen molar-refractivity contribution < 1.29 is 4.74 Å². The van der Waals surface area contributed by atoms with Crippen LogP contribution in [0.2, 0.25) is 0 Å². The Bertz CT molecular complexity index is 329. The Morgan fingerprint density at radius 2 is 2.25 bits per heavy atom. The van der Waals surface area contributed by atoms with Crippen LogP contribution in [0, 0.1) is 5.92 Å². The molecule has 2 rings (SSSR count). The topological polar surface area (TPSA) is 21.3 Å². The molecule has 0 saturated carbocycles. The van der Waals surface area contributed by atoms with Crippen LogP contribution in [0.3, 0.4) is 0 Å². The smallest absolute Gasteiger partial charge is 0.119 e. The SMILES string of the molecule is COc1cccc(CC2CCC(C)NC2)c1. The van der Waals surface area contributed by atoms with Gasteiger partial charge in [0.15, 0.2) is 0 Å². The van der Waals surface area contributed by atoms with E-state index in [4.69, 9.17) is 4.74 Å². The van der Waals surface area contributed by atoms with Gasteiger partial charge in [0, 0.05) is 6.04 Å². The number of benzene rings is 1. The fraction of sp³-hybridized carbons (Fsp3) is 0.571. The van der Waals surface area contributed by atoms with Gasteiger partial charge in [-0.2, -0.15) is 0 Å². The lowest BCUT2D eigenvalue weighted by molar-refractivity contribution is 0.321. The molecule has 2 atom stereocenters. The third-order valence-corrected chi connectivity index (χ3v) is 3.42. The van der Waals surface area contributed by atoms with Gasteiger partial charge in [0.2, 0.25) is 0 Å². The number of hydrogen-bond acceptors (Lipinski definition) is 2. The first-order valence-electron chi connectivity index (χ1n) is 6.14. The second-order valence-electron chi connectivity index (χ2n) is 4.81. The van der Waals surface area contributed by atoms with E-state index in [-0.39, 0.29) is 0 Å². The second-order valence-corrected chi connectivity index (χ2v) is 4.81. The van der Waals surface area contributed by atoms with Gasteiger partial charge < -0.3 is 10.1 Å². The summed E-state index contributed by atoms with van der Waals surface area (Å²) >= 11 is 0. The Hall–Kier alpha value is -1.02. The maximum absolute atomic E-state index is 5.25. The van der Waals surface area contributed by atoms with E-state index in [0.717, 1.165) is 24.6 Å². The first-order chi connectivity index (χ1) is 7.78. The van der Waals surface area contributed by atoms with Gasteiger partial charge in [-0.25, -0.2) is 0 Å². The van der Waals surface area contributed by atoms with Crippen molar-refractivity contribution in [3.05, 3.63) is 29.8 Å². The molecule has 16 heavy (non-hydrogen) atoms. The minimum absolute atomic E-state index is 0.696. The van der Waals surface area contributed by atoms with Crippen molar-refractivity contribution in [3.63, 3.8) is 0 Å². The van der Waals surface area contributed by atoms with Crippen molar-refractivity contribution >= 4 is 0 Å². The van der Waals surface area contributed by atoms with Gasteiger partial charge in [0.1, 0.15) is 5.75 Å². The Kier molecular flexibility index (Phi) is 3.83. The normalized spacial score (nSPS) is 25.4. The first-order valence-corrected chi connectivity index (χ1v) is 6.14. The van der Waals surface area contributed by atoms with Crippen molar-refractivity contribution in [2.75, 3.05) is 13.7 Å². The van der Waals surface area contributed by atoms with Crippen molar-refractivity contribution in [2.45, 2.75) is 32.2 Å². The zero-order chi connectivity index (χ0) is 11.4. The Balaban J connectivity index is 1.93. The quantitative estimate of drug-likeness (QED) is 0.843. The molecule has 0 spiro atoms. The monoisotopic (exact) mass is 219 g/mol. The lowest BCUT2D eigenvalue weighted by atomic mass is 9.90. The van der Waals surface area contributed by atoms with Crippen LogP contribution < -0.4 is 10.1 Å². The molecular formula is C14H21NO. The summed E-state index contributed by atoms with van der Waals surface area (Å²) in [5, 5.41) is 3.55. The van der Waals surface area contributed by atoms with E-state index in [1.165, 1.54) is 18.4 Å². The summed E-state index contributed by atoms with van der Waals surface area (Å²) in [4.78, 5) is 0. The number of nitrogens with one attached hydrogen (secondary N) is 1. The number of hydrogen-bond donors (Lipinski definition) is 1. The molecule has 1 aliphatic rings. The average Bonchev–Trinajstić information content (AvgIpc) is 2.32. The first kappa shape index (κ1) is 11.5.